The minimum atomic E-state index is 0.751. The molecule has 0 saturated heterocycles. The number of aromatic nitrogens is 2. The molecule has 3 rings (SSSR count). The zero-order valence-corrected chi connectivity index (χ0v) is 13.1. The molecule has 1 aromatic heterocycles. The lowest BCUT2D eigenvalue weighted by Crippen LogP contribution is -2.09. The fourth-order valence-corrected chi connectivity index (χ4v) is 2.93. The van der Waals surface area contributed by atoms with E-state index in [2.05, 4.69) is 48.4 Å². The molecule has 2 aromatic rings. The first-order valence-electron chi connectivity index (χ1n) is 7.88. The van der Waals surface area contributed by atoms with E-state index in [4.69, 9.17) is 4.98 Å². The van der Waals surface area contributed by atoms with Crippen molar-refractivity contribution in [1.82, 2.24) is 9.97 Å². The van der Waals surface area contributed by atoms with Crippen molar-refractivity contribution in [3.63, 3.8) is 0 Å². The normalized spacial score (nSPS) is 14.8. The Balaban J connectivity index is 2.06. The van der Waals surface area contributed by atoms with E-state index in [1.165, 1.54) is 30.4 Å². The summed E-state index contributed by atoms with van der Waals surface area (Å²) < 4.78 is 0. The van der Waals surface area contributed by atoms with E-state index in [1.54, 1.807) is 0 Å². The Morgan fingerprint density at radius 1 is 1.24 bits per heavy atom. The molecule has 1 aliphatic carbocycles. The second-order valence-corrected chi connectivity index (χ2v) is 5.82. The van der Waals surface area contributed by atoms with Crippen LogP contribution in [0.3, 0.4) is 0 Å². The summed E-state index contributed by atoms with van der Waals surface area (Å²) in [4.78, 5) is 9.32. The molecule has 3 nitrogen and oxygen atoms in total. The highest BCUT2D eigenvalue weighted by Crippen LogP contribution is 2.38. The summed E-state index contributed by atoms with van der Waals surface area (Å²) in [6.45, 7) is 4.19. The van der Waals surface area contributed by atoms with Gasteiger partial charge in [0, 0.05) is 24.6 Å². The van der Waals surface area contributed by atoms with E-state index >= 15 is 0 Å². The van der Waals surface area contributed by atoms with E-state index in [0.29, 0.717) is 0 Å². The zero-order valence-electron chi connectivity index (χ0n) is 13.1. The fraction of sp³-hybridized carbons (Fsp3) is 0.444. The molecule has 1 heterocycles. The van der Waals surface area contributed by atoms with Crippen LogP contribution < -0.4 is 5.32 Å². The number of anilines is 1. The van der Waals surface area contributed by atoms with E-state index in [-0.39, 0.29) is 0 Å². The Kier molecular flexibility index (Phi) is 3.91. The highest BCUT2D eigenvalue weighted by molar-refractivity contribution is 5.68. The summed E-state index contributed by atoms with van der Waals surface area (Å²) >= 11 is 0. The minimum Gasteiger partial charge on any atom is -0.373 e. The summed E-state index contributed by atoms with van der Waals surface area (Å²) in [7, 11) is 1.92. The zero-order chi connectivity index (χ0) is 14.8. The van der Waals surface area contributed by atoms with Crippen molar-refractivity contribution >= 4 is 5.82 Å². The van der Waals surface area contributed by atoms with Crippen LogP contribution in [-0.2, 0) is 6.42 Å². The number of benzene rings is 1. The van der Waals surface area contributed by atoms with Gasteiger partial charge in [0.2, 0.25) is 0 Å². The van der Waals surface area contributed by atoms with Gasteiger partial charge in [-0.2, -0.15) is 0 Å². The van der Waals surface area contributed by atoms with Gasteiger partial charge in [0.05, 0.1) is 5.69 Å². The number of nitrogens with one attached hydrogen (secondary N) is 1. The van der Waals surface area contributed by atoms with Crippen molar-refractivity contribution < 1.29 is 0 Å². The standard InChI is InChI=1S/C18H23N3/c1-4-16-20-17(12(2)18(19-3)21-16)15-10-6-9-14(11-15)13-7-5-8-13/h6,9-11,13H,4-5,7-8H2,1-3H3,(H,19,20,21). The Morgan fingerprint density at radius 3 is 2.67 bits per heavy atom. The minimum absolute atomic E-state index is 0.751. The molecule has 1 fully saturated rings. The SMILES string of the molecule is CCc1nc(NC)c(C)c(-c2cccc(C3CCC3)c2)n1. The topological polar surface area (TPSA) is 37.8 Å². The molecule has 1 saturated carbocycles. The predicted molar refractivity (Wildman–Crippen MR) is 87.7 cm³/mol. The maximum Gasteiger partial charge on any atom is 0.132 e. The second-order valence-electron chi connectivity index (χ2n) is 5.82. The fourth-order valence-electron chi connectivity index (χ4n) is 2.93. The van der Waals surface area contributed by atoms with Gasteiger partial charge in [0.15, 0.2) is 0 Å². The van der Waals surface area contributed by atoms with Crippen LogP contribution in [0.5, 0.6) is 0 Å². The lowest BCUT2D eigenvalue weighted by molar-refractivity contribution is 0.420. The van der Waals surface area contributed by atoms with Crippen LogP contribution in [0.1, 0.15) is 49.1 Å². The quantitative estimate of drug-likeness (QED) is 0.906. The third-order valence-corrected chi connectivity index (χ3v) is 4.48. The summed E-state index contributed by atoms with van der Waals surface area (Å²) in [5, 5.41) is 3.19. The van der Waals surface area contributed by atoms with Crippen LogP contribution in [0.4, 0.5) is 5.82 Å². The Labute approximate surface area is 126 Å². The van der Waals surface area contributed by atoms with Crippen molar-refractivity contribution in [3.8, 4) is 11.3 Å². The highest BCUT2D eigenvalue weighted by atomic mass is 15.0. The third-order valence-electron chi connectivity index (χ3n) is 4.48. The highest BCUT2D eigenvalue weighted by Gasteiger charge is 2.20. The summed E-state index contributed by atoms with van der Waals surface area (Å²) in [6.07, 6.45) is 4.87. The van der Waals surface area contributed by atoms with E-state index in [9.17, 15) is 0 Å². The molecular formula is C18H23N3. The van der Waals surface area contributed by atoms with E-state index < -0.39 is 0 Å². The Morgan fingerprint density at radius 2 is 2.05 bits per heavy atom. The van der Waals surface area contributed by atoms with Crippen LogP contribution >= 0.6 is 0 Å². The van der Waals surface area contributed by atoms with Crippen LogP contribution in [0.15, 0.2) is 24.3 Å². The molecule has 0 atom stereocenters. The largest absolute Gasteiger partial charge is 0.373 e. The molecule has 0 spiro atoms. The molecule has 0 radical (unpaired) electrons. The van der Waals surface area contributed by atoms with Crippen molar-refractivity contribution in [2.24, 2.45) is 0 Å². The van der Waals surface area contributed by atoms with Crippen molar-refractivity contribution in [2.45, 2.75) is 45.4 Å². The van der Waals surface area contributed by atoms with Gasteiger partial charge in [-0.25, -0.2) is 9.97 Å². The number of rotatable bonds is 4. The van der Waals surface area contributed by atoms with Gasteiger partial charge in [0.1, 0.15) is 11.6 Å². The van der Waals surface area contributed by atoms with Crippen molar-refractivity contribution in [1.29, 1.82) is 0 Å². The molecule has 1 aromatic carbocycles. The lowest BCUT2D eigenvalue weighted by atomic mass is 9.79. The van der Waals surface area contributed by atoms with Gasteiger partial charge in [-0.1, -0.05) is 31.5 Å². The molecule has 0 unspecified atom stereocenters. The number of aryl methyl sites for hydroxylation is 1. The molecule has 0 amide bonds. The smallest absolute Gasteiger partial charge is 0.132 e. The predicted octanol–water partition coefficient (Wildman–Crippen LogP) is 4.32. The van der Waals surface area contributed by atoms with Gasteiger partial charge >= 0.3 is 0 Å². The first-order chi connectivity index (χ1) is 10.2. The number of nitrogens with zero attached hydrogens (tertiary/aromatic N) is 2. The first-order valence-corrected chi connectivity index (χ1v) is 7.88. The Hall–Kier alpha value is -1.90. The number of hydrogen-bond donors (Lipinski definition) is 1. The summed E-state index contributed by atoms with van der Waals surface area (Å²) in [5.41, 5.74) is 4.86. The van der Waals surface area contributed by atoms with E-state index in [0.717, 1.165) is 35.2 Å². The maximum absolute atomic E-state index is 4.76. The van der Waals surface area contributed by atoms with Crippen LogP contribution in [0.25, 0.3) is 11.3 Å². The van der Waals surface area contributed by atoms with Gasteiger partial charge in [-0.05, 0) is 37.3 Å². The monoisotopic (exact) mass is 281 g/mol. The molecule has 21 heavy (non-hydrogen) atoms. The Bertz CT molecular complexity index is 645. The molecule has 1 N–H and O–H groups in total. The van der Waals surface area contributed by atoms with Crippen molar-refractivity contribution in [2.75, 3.05) is 12.4 Å². The average molecular weight is 281 g/mol. The van der Waals surface area contributed by atoms with Crippen LogP contribution in [-0.4, -0.2) is 17.0 Å². The van der Waals surface area contributed by atoms with Gasteiger partial charge in [-0.15, -0.1) is 0 Å². The van der Waals surface area contributed by atoms with Gasteiger partial charge in [-0.3, -0.25) is 0 Å². The second kappa shape index (κ2) is 5.84. The molecule has 0 bridgehead atoms. The van der Waals surface area contributed by atoms with Crippen LogP contribution in [0.2, 0.25) is 0 Å². The van der Waals surface area contributed by atoms with E-state index in [1.807, 2.05) is 7.05 Å². The van der Waals surface area contributed by atoms with Gasteiger partial charge < -0.3 is 5.32 Å². The third kappa shape index (κ3) is 2.65. The average Bonchev–Trinajstić information content (AvgIpc) is 2.46. The molecule has 0 aliphatic heterocycles. The van der Waals surface area contributed by atoms with Crippen LogP contribution in [0, 0.1) is 6.92 Å². The molecular weight excluding hydrogens is 258 g/mol. The first kappa shape index (κ1) is 14.1. The summed E-state index contributed by atoms with van der Waals surface area (Å²) in [6, 6.07) is 8.90. The molecule has 3 heteroatoms. The van der Waals surface area contributed by atoms with Gasteiger partial charge in [0.25, 0.3) is 0 Å². The maximum atomic E-state index is 4.76. The lowest BCUT2D eigenvalue weighted by Gasteiger charge is -2.26. The van der Waals surface area contributed by atoms with Crippen molar-refractivity contribution in [3.05, 3.63) is 41.2 Å². The summed E-state index contributed by atoms with van der Waals surface area (Å²) in [5.74, 6) is 2.58. The molecule has 1 aliphatic rings. The number of hydrogen-bond acceptors (Lipinski definition) is 3. The molecule has 110 valence electrons.